The van der Waals surface area contributed by atoms with Crippen molar-refractivity contribution in [1.82, 2.24) is 9.97 Å². The SMILES string of the molecule is C[C@@H]1CN(c2ccncc2NC(=O)c2csc(-c3c(F)cccc3F)n2)C[C@@H](N)C1O. The first-order chi connectivity index (χ1) is 14.8. The van der Waals surface area contributed by atoms with Crippen LogP contribution in [0.5, 0.6) is 0 Å². The number of rotatable bonds is 4. The van der Waals surface area contributed by atoms with E-state index in [9.17, 15) is 18.7 Å². The van der Waals surface area contributed by atoms with E-state index in [0.29, 0.717) is 24.5 Å². The number of nitrogens with one attached hydrogen (secondary N) is 1. The third kappa shape index (κ3) is 4.27. The monoisotopic (exact) mass is 445 g/mol. The molecule has 1 amide bonds. The van der Waals surface area contributed by atoms with Crippen molar-refractivity contribution in [2.45, 2.75) is 19.1 Å². The van der Waals surface area contributed by atoms with Crippen molar-refractivity contribution in [1.29, 1.82) is 0 Å². The highest BCUT2D eigenvalue weighted by molar-refractivity contribution is 7.13. The van der Waals surface area contributed by atoms with E-state index in [-0.39, 0.29) is 22.2 Å². The van der Waals surface area contributed by atoms with Gasteiger partial charge >= 0.3 is 0 Å². The summed E-state index contributed by atoms with van der Waals surface area (Å²) in [5, 5.41) is 14.4. The van der Waals surface area contributed by atoms with Crippen molar-refractivity contribution in [3.63, 3.8) is 0 Å². The Kier molecular flexibility index (Phi) is 5.94. The number of aromatic nitrogens is 2. The zero-order chi connectivity index (χ0) is 22.1. The van der Waals surface area contributed by atoms with Crippen LogP contribution in [-0.4, -0.2) is 46.2 Å². The van der Waals surface area contributed by atoms with Crippen LogP contribution in [0.25, 0.3) is 10.6 Å². The molecule has 1 unspecified atom stereocenters. The van der Waals surface area contributed by atoms with Crippen LogP contribution in [0, 0.1) is 17.6 Å². The zero-order valence-corrected chi connectivity index (χ0v) is 17.4. The summed E-state index contributed by atoms with van der Waals surface area (Å²) in [6.07, 6.45) is 2.52. The average Bonchev–Trinajstić information content (AvgIpc) is 3.22. The number of pyridine rings is 1. The van der Waals surface area contributed by atoms with Gasteiger partial charge in [-0.2, -0.15) is 0 Å². The summed E-state index contributed by atoms with van der Waals surface area (Å²) in [5.41, 5.74) is 7.00. The second kappa shape index (κ2) is 8.66. The number of halogens is 2. The van der Waals surface area contributed by atoms with Crippen molar-refractivity contribution in [3.05, 3.63) is 59.4 Å². The molecule has 0 bridgehead atoms. The number of carbonyl (C=O) groups is 1. The minimum absolute atomic E-state index is 0.0385. The molecule has 10 heteroatoms. The topological polar surface area (TPSA) is 104 Å². The summed E-state index contributed by atoms with van der Waals surface area (Å²) in [4.78, 5) is 23.0. The van der Waals surface area contributed by atoms with Crippen molar-refractivity contribution in [2.75, 3.05) is 23.3 Å². The third-order valence-electron chi connectivity index (χ3n) is 5.26. The first-order valence-electron chi connectivity index (χ1n) is 9.69. The number of nitrogens with two attached hydrogens (primary N) is 1. The number of thiazole rings is 1. The number of piperidine rings is 1. The van der Waals surface area contributed by atoms with Crippen molar-refractivity contribution >= 4 is 28.6 Å². The van der Waals surface area contributed by atoms with Crippen molar-refractivity contribution in [3.8, 4) is 10.6 Å². The number of hydrogen-bond donors (Lipinski definition) is 3. The van der Waals surface area contributed by atoms with E-state index < -0.39 is 29.7 Å². The summed E-state index contributed by atoms with van der Waals surface area (Å²) >= 11 is 0.981. The van der Waals surface area contributed by atoms with Gasteiger partial charge in [-0.3, -0.25) is 9.78 Å². The molecule has 1 aromatic carbocycles. The number of nitrogens with zero attached hydrogens (tertiary/aromatic N) is 3. The molecule has 1 aliphatic rings. The predicted octanol–water partition coefficient (Wildman–Crippen LogP) is 2.88. The quantitative estimate of drug-likeness (QED) is 0.571. The van der Waals surface area contributed by atoms with Gasteiger partial charge in [-0.25, -0.2) is 13.8 Å². The minimum atomic E-state index is -0.742. The van der Waals surface area contributed by atoms with Gasteiger partial charge in [0.1, 0.15) is 22.3 Å². The number of amides is 1. The lowest BCUT2D eigenvalue weighted by atomic mass is 9.92. The van der Waals surface area contributed by atoms with Crippen molar-refractivity contribution < 1.29 is 18.7 Å². The van der Waals surface area contributed by atoms with E-state index in [0.717, 1.165) is 23.5 Å². The highest BCUT2D eigenvalue weighted by Crippen LogP contribution is 2.31. The normalized spacial score (nSPS) is 21.2. The summed E-state index contributed by atoms with van der Waals surface area (Å²) in [7, 11) is 0. The zero-order valence-electron chi connectivity index (χ0n) is 16.6. The fourth-order valence-corrected chi connectivity index (χ4v) is 4.50. The number of aliphatic hydroxyl groups is 1. The Bertz CT molecular complexity index is 1080. The molecule has 1 fully saturated rings. The molecule has 4 N–H and O–H groups in total. The molecule has 31 heavy (non-hydrogen) atoms. The Hall–Kier alpha value is -2.95. The molecule has 3 atom stereocenters. The van der Waals surface area contributed by atoms with E-state index in [4.69, 9.17) is 5.73 Å². The van der Waals surface area contributed by atoms with Gasteiger partial charge in [0.25, 0.3) is 5.91 Å². The first-order valence-corrected chi connectivity index (χ1v) is 10.6. The highest BCUT2D eigenvalue weighted by Gasteiger charge is 2.32. The van der Waals surface area contributed by atoms with Crippen LogP contribution >= 0.6 is 11.3 Å². The number of benzene rings is 1. The van der Waals surface area contributed by atoms with Crippen LogP contribution in [0.4, 0.5) is 20.2 Å². The van der Waals surface area contributed by atoms with Gasteiger partial charge in [0.05, 0.1) is 29.2 Å². The molecule has 2 aromatic heterocycles. The molecule has 0 aliphatic carbocycles. The summed E-state index contributed by atoms with van der Waals surface area (Å²) in [5.74, 6) is -2.05. The molecule has 0 radical (unpaired) electrons. The van der Waals surface area contributed by atoms with Gasteiger partial charge in [0, 0.05) is 36.6 Å². The van der Waals surface area contributed by atoms with Gasteiger partial charge in [0.15, 0.2) is 0 Å². The predicted molar refractivity (Wildman–Crippen MR) is 115 cm³/mol. The average molecular weight is 445 g/mol. The molecule has 3 heterocycles. The van der Waals surface area contributed by atoms with E-state index in [1.54, 1.807) is 12.3 Å². The van der Waals surface area contributed by atoms with Gasteiger partial charge in [-0.15, -0.1) is 11.3 Å². The molecule has 162 valence electrons. The summed E-state index contributed by atoms with van der Waals surface area (Å²) < 4.78 is 28.1. The van der Waals surface area contributed by atoms with Gasteiger partial charge in [-0.05, 0) is 18.2 Å². The third-order valence-corrected chi connectivity index (χ3v) is 6.12. The maximum absolute atomic E-state index is 14.0. The van der Waals surface area contributed by atoms with E-state index in [1.165, 1.54) is 17.6 Å². The summed E-state index contributed by atoms with van der Waals surface area (Å²) in [6.45, 7) is 2.90. The Morgan fingerprint density at radius 3 is 2.74 bits per heavy atom. The molecular weight excluding hydrogens is 424 g/mol. The van der Waals surface area contributed by atoms with Crippen LogP contribution in [0.3, 0.4) is 0 Å². The number of hydrogen-bond acceptors (Lipinski definition) is 7. The molecule has 0 saturated carbocycles. The van der Waals surface area contributed by atoms with Crippen LogP contribution in [0.1, 0.15) is 17.4 Å². The molecule has 1 saturated heterocycles. The lowest BCUT2D eigenvalue weighted by Crippen LogP contribution is -2.55. The highest BCUT2D eigenvalue weighted by atomic mass is 32.1. The van der Waals surface area contributed by atoms with Gasteiger partial charge < -0.3 is 21.1 Å². The first kappa shape index (κ1) is 21.3. The fourth-order valence-electron chi connectivity index (χ4n) is 3.65. The van der Waals surface area contributed by atoms with Crippen LogP contribution in [0.15, 0.2) is 42.0 Å². The molecule has 1 aliphatic heterocycles. The largest absolute Gasteiger partial charge is 0.391 e. The van der Waals surface area contributed by atoms with Crippen molar-refractivity contribution in [2.24, 2.45) is 11.7 Å². The smallest absolute Gasteiger partial charge is 0.275 e. The van der Waals surface area contributed by atoms with Crippen LogP contribution in [0.2, 0.25) is 0 Å². The van der Waals surface area contributed by atoms with Crippen LogP contribution < -0.4 is 16.0 Å². The second-order valence-corrected chi connectivity index (χ2v) is 8.38. The number of aliphatic hydroxyl groups excluding tert-OH is 1. The minimum Gasteiger partial charge on any atom is -0.391 e. The van der Waals surface area contributed by atoms with E-state index >= 15 is 0 Å². The molecule has 3 aromatic rings. The maximum atomic E-state index is 14.0. The molecule has 4 rings (SSSR count). The Labute approximate surface area is 181 Å². The standard InChI is InChI=1S/C21H21F2N5O2S/c1-11-8-28(9-14(24)19(11)29)17-5-6-25-7-15(17)26-20(30)16-10-31-21(27-16)18-12(22)3-2-4-13(18)23/h2-7,10-11,14,19,29H,8-9,24H2,1H3,(H,26,30)/t11-,14-,19?/m1/s1. The summed E-state index contributed by atoms with van der Waals surface area (Å²) in [6, 6.07) is 4.89. The maximum Gasteiger partial charge on any atom is 0.275 e. The van der Waals surface area contributed by atoms with Gasteiger partial charge in [0.2, 0.25) is 0 Å². The fraction of sp³-hybridized carbons (Fsp3) is 0.286. The Morgan fingerprint density at radius 2 is 2.03 bits per heavy atom. The Morgan fingerprint density at radius 1 is 1.29 bits per heavy atom. The number of anilines is 2. The molecule has 0 spiro atoms. The van der Waals surface area contributed by atoms with Crippen LogP contribution in [-0.2, 0) is 0 Å². The lowest BCUT2D eigenvalue weighted by molar-refractivity contribution is 0.0785. The number of carbonyl (C=O) groups excluding carboxylic acids is 1. The second-order valence-electron chi connectivity index (χ2n) is 7.52. The Balaban J connectivity index is 1.56. The van der Waals surface area contributed by atoms with E-state index in [2.05, 4.69) is 15.3 Å². The molecular formula is C21H21F2N5O2S. The lowest BCUT2D eigenvalue weighted by Gasteiger charge is -2.40. The molecule has 7 nitrogen and oxygen atoms in total. The van der Waals surface area contributed by atoms with Gasteiger partial charge in [-0.1, -0.05) is 13.0 Å². The van der Waals surface area contributed by atoms with E-state index in [1.807, 2.05) is 11.8 Å².